The molecule has 2 heterocycles. The van der Waals surface area contributed by atoms with Gasteiger partial charge < -0.3 is 20.4 Å². The number of amides is 1. The van der Waals surface area contributed by atoms with Crippen LogP contribution in [0.2, 0.25) is 0 Å². The molecule has 3 atom stereocenters. The molecule has 1 amide bonds. The summed E-state index contributed by atoms with van der Waals surface area (Å²) >= 11 is 1.62. The zero-order valence-corrected chi connectivity index (χ0v) is 21.6. The number of aromatic nitrogens is 1. The second kappa shape index (κ2) is 10.3. The molecule has 7 nitrogen and oxygen atoms in total. The van der Waals surface area contributed by atoms with Gasteiger partial charge >= 0.3 is 5.97 Å². The van der Waals surface area contributed by atoms with Crippen molar-refractivity contribution in [1.29, 1.82) is 0 Å². The molecule has 0 unspecified atom stereocenters. The van der Waals surface area contributed by atoms with Crippen LogP contribution in [0.15, 0.2) is 17.2 Å². The van der Waals surface area contributed by atoms with Crippen molar-refractivity contribution in [3.8, 4) is 0 Å². The number of carbonyl (C=O) groups is 2. The number of aliphatic hydroxyl groups is 1. The van der Waals surface area contributed by atoms with Crippen molar-refractivity contribution in [2.24, 2.45) is 29.6 Å². The number of piperidine rings is 1. The molecule has 4 aliphatic carbocycles. The van der Waals surface area contributed by atoms with Gasteiger partial charge in [-0.1, -0.05) is 6.92 Å². The Balaban J connectivity index is 1.26. The van der Waals surface area contributed by atoms with Crippen molar-refractivity contribution in [1.82, 2.24) is 10.3 Å². The Kier molecular flexibility index (Phi) is 7.31. The molecule has 1 aromatic heterocycles. The number of nitrogens with one attached hydrogen (secondary N) is 1. The number of carbonyl (C=O) groups excluding carboxylic acids is 1. The number of hydrogen-bond acceptors (Lipinski definition) is 6. The molecule has 1 saturated heterocycles. The van der Waals surface area contributed by atoms with Crippen molar-refractivity contribution < 1.29 is 19.8 Å². The molecule has 1 aromatic rings. The van der Waals surface area contributed by atoms with Gasteiger partial charge in [0.05, 0.1) is 11.2 Å². The number of aliphatic carboxylic acids is 1. The quantitative estimate of drug-likeness (QED) is 0.436. The monoisotopic (exact) mass is 501 g/mol. The summed E-state index contributed by atoms with van der Waals surface area (Å²) in [6, 6.07) is 3.82. The number of nitrogens with zero attached hydrogens (tertiary/aromatic N) is 2. The molecular weight excluding hydrogens is 462 g/mol. The molecular formula is C27H39N3O4S. The summed E-state index contributed by atoms with van der Waals surface area (Å²) in [7, 11) is 0. The van der Waals surface area contributed by atoms with Gasteiger partial charge in [-0.2, -0.15) is 0 Å². The number of carboxylic acid groups (broad SMARTS) is 1. The highest BCUT2D eigenvalue weighted by atomic mass is 32.2. The van der Waals surface area contributed by atoms with E-state index in [0.717, 1.165) is 61.7 Å². The first-order chi connectivity index (χ1) is 16.8. The van der Waals surface area contributed by atoms with Crippen molar-refractivity contribution in [3.63, 3.8) is 0 Å². The summed E-state index contributed by atoms with van der Waals surface area (Å²) in [5.41, 5.74) is 0.187. The fourth-order valence-electron chi connectivity index (χ4n) is 7.50. The molecule has 5 aliphatic rings. The maximum Gasteiger partial charge on any atom is 0.303 e. The number of rotatable bonds is 9. The first-order valence-corrected chi connectivity index (χ1v) is 14.4. The van der Waals surface area contributed by atoms with Crippen molar-refractivity contribution in [2.75, 3.05) is 30.3 Å². The molecule has 35 heavy (non-hydrogen) atoms. The van der Waals surface area contributed by atoms with E-state index in [1.807, 2.05) is 12.1 Å². The number of pyridine rings is 1. The molecule has 0 radical (unpaired) electrons. The average Bonchev–Trinajstić information content (AvgIpc) is 2.80. The Morgan fingerprint density at radius 1 is 1.23 bits per heavy atom. The minimum absolute atomic E-state index is 0.0578. The van der Waals surface area contributed by atoms with E-state index in [1.165, 1.54) is 12.8 Å². The van der Waals surface area contributed by atoms with Gasteiger partial charge in [-0.15, -0.1) is 11.8 Å². The van der Waals surface area contributed by atoms with Crippen molar-refractivity contribution in [2.45, 2.75) is 75.3 Å². The molecule has 3 N–H and O–H groups in total. The van der Waals surface area contributed by atoms with Gasteiger partial charge in [0.2, 0.25) is 0 Å². The van der Waals surface area contributed by atoms with Crippen LogP contribution < -0.4 is 10.2 Å². The van der Waals surface area contributed by atoms with Gasteiger partial charge in [0.1, 0.15) is 10.8 Å². The molecule has 5 fully saturated rings. The summed E-state index contributed by atoms with van der Waals surface area (Å²) in [5, 5.41) is 24.0. The molecule has 0 spiro atoms. The predicted octanol–water partition coefficient (Wildman–Crippen LogP) is 4.19. The lowest BCUT2D eigenvalue weighted by Gasteiger charge is -2.58. The van der Waals surface area contributed by atoms with Gasteiger partial charge in [-0.25, -0.2) is 4.98 Å². The summed E-state index contributed by atoms with van der Waals surface area (Å²) < 4.78 is 0. The number of anilines is 1. The predicted molar refractivity (Wildman–Crippen MR) is 137 cm³/mol. The van der Waals surface area contributed by atoms with Crippen molar-refractivity contribution in [3.05, 3.63) is 17.7 Å². The van der Waals surface area contributed by atoms with E-state index in [1.54, 1.807) is 11.8 Å². The Morgan fingerprint density at radius 2 is 2.00 bits per heavy atom. The maximum absolute atomic E-state index is 13.3. The van der Waals surface area contributed by atoms with E-state index in [-0.39, 0.29) is 18.2 Å². The largest absolute Gasteiger partial charge is 0.481 e. The maximum atomic E-state index is 13.3. The lowest BCUT2D eigenvalue weighted by molar-refractivity contribution is -0.150. The van der Waals surface area contributed by atoms with Gasteiger partial charge in [0, 0.05) is 26.1 Å². The Labute approximate surface area is 212 Å². The highest BCUT2D eigenvalue weighted by Gasteiger charge is 2.54. The van der Waals surface area contributed by atoms with Crippen LogP contribution in [0.3, 0.4) is 0 Å². The fraction of sp³-hybridized carbons (Fsp3) is 0.741. The fourth-order valence-corrected chi connectivity index (χ4v) is 8.37. The van der Waals surface area contributed by atoms with Crippen LogP contribution in [0.4, 0.5) is 5.82 Å². The molecule has 8 heteroatoms. The summed E-state index contributed by atoms with van der Waals surface area (Å²) in [6.07, 6.45) is 8.25. The van der Waals surface area contributed by atoms with Gasteiger partial charge in [0.15, 0.2) is 0 Å². The van der Waals surface area contributed by atoms with Crippen LogP contribution in [0.25, 0.3) is 0 Å². The van der Waals surface area contributed by atoms with Crippen LogP contribution in [-0.2, 0) is 4.79 Å². The molecule has 4 saturated carbocycles. The second-order valence-electron chi connectivity index (χ2n) is 11.5. The Bertz CT molecular complexity index is 940. The number of thioether (sulfide) groups is 1. The van der Waals surface area contributed by atoms with E-state index >= 15 is 0 Å². The summed E-state index contributed by atoms with van der Waals surface area (Å²) in [4.78, 5) is 31.5. The molecule has 6 rings (SSSR count). The van der Waals surface area contributed by atoms with Crippen molar-refractivity contribution >= 4 is 29.5 Å². The SMILES string of the molecule is CCCSc1nc(N2CCC[C@@H](CC(=O)O)C2)ccc1C(=O)NCC1[C@H]2CC3C[C@H]1CC(O)(C3)C2. The van der Waals surface area contributed by atoms with E-state index in [0.29, 0.717) is 42.3 Å². The van der Waals surface area contributed by atoms with Crippen LogP contribution in [0.1, 0.15) is 75.1 Å². The number of carboxylic acids is 1. The average molecular weight is 502 g/mol. The molecule has 0 aromatic carbocycles. The van der Waals surface area contributed by atoms with E-state index in [4.69, 9.17) is 4.98 Å². The standard InChI is InChI=1S/C27H39N3O4S/c1-2-8-35-26-21(5-6-23(29-26)30-7-3-4-17(16-30)11-24(31)32)25(33)28-15-22-19-9-18-10-20(22)14-27(34,12-18)13-19/h5-6,17-20,22,34H,2-4,7-16H2,1H3,(H,28,33)(H,31,32)/t17-,18?,19-,20-,22?,27?/m0/s1. The van der Waals surface area contributed by atoms with Gasteiger partial charge in [0.25, 0.3) is 5.91 Å². The zero-order chi connectivity index (χ0) is 24.6. The lowest BCUT2D eigenvalue weighted by Crippen LogP contribution is -2.56. The molecule has 192 valence electrons. The second-order valence-corrected chi connectivity index (χ2v) is 12.6. The highest BCUT2D eigenvalue weighted by molar-refractivity contribution is 7.99. The summed E-state index contributed by atoms with van der Waals surface area (Å²) in [6.45, 7) is 4.36. The van der Waals surface area contributed by atoms with E-state index in [9.17, 15) is 19.8 Å². The van der Waals surface area contributed by atoms with Crippen LogP contribution in [0, 0.1) is 29.6 Å². The normalized spacial score (nSPS) is 33.7. The minimum atomic E-state index is -0.746. The van der Waals surface area contributed by atoms with Crippen LogP contribution in [0.5, 0.6) is 0 Å². The van der Waals surface area contributed by atoms with E-state index in [2.05, 4.69) is 17.1 Å². The summed E-state index contributed by atoms with van der Waals surface area (Å²) in [5.74, 6) is 3.25. The van der Waals surface area contributed by atoms with Gasteiger partial charge in [-0.3, -0.25) is 9.59 Å². The number of hydrogen-bond donors (Lipinski definition) is 3. The smallest absolute Gasteiger partial charge is 0.303 e. The van der Waals surface area contributed by atoms with E-state index < -0.39 is 11.6 Å². The third-order valence-corrected chi connectivity index (χ3v) is 9.97. The third kappa shape index (κ3) is 5.48. The molecule has 1 aliphatic heterocycles. The lowest BCUT2D eigenvalue weighted by atomic mass is 9.50. The first-order valence-electron chi connectivity index (χ1n) is 13.4. The topological polar surface area (TPSA) is 103 Å². The Hall–Kier alpha value is -1.80. The van der Waals surface area contributed by atoms with Gasteiger partial charge in [-0.05, 0) is 98.8 Å². The highest BCUT2D eigenvalue weighted by Crippen LogP contribution is 2.58. The minimum Gasteiger partial charge on any atom is -0.481 e. The first kappa shape index (κ1) is 24.9. The van der Waals surface area contributed by atoms with Crippen LogP contribution >= 0.6 is 11.8 Å². The zero-order valence-electron chi connectivity index (χ0n) is 20.7. The Morgan fingerprint density at radius 3 is 2.69 bits per heavy atom. The third-order valence-electron chi connectivity index (χ3n) is 8.77. The van der Waals surface area contributed by atoms with Crippen LogP contribution in [-0.4, -0.2) is 58.1 Å². The molecule has 4 bridgehead atoms.